The molecule has 2 rings (SSSR count). The van der Waals surface area contributed by atoms with Gasteiger partial charge in [0.2, 0.25) is 0 Å². The van der Waals surface area contributed by atoms with Gasteiger partial charge in [0.25, 0.3) is 0 Å². The van der Waals surface area contributed by atoms with E-state index in [0.717, 1.165) is 37.2 Å². The van der Waals surface area contributed by atoms with E-state index in [1.165, 1.54) is 0 Å². The van der Waals surface area contributed by atoms with Gasteiger partial charge in [0.1, 0.15) is 5.82 Å². The number of hydrogen-bond donors (Lipinski definition) is 2. The Bertz CT molecular complexity index is 446. The summed E-state index contributed by atoms with van der Waals surface area (Å²) in [6.07, 6.45) is 5.67. The fourth-order valence-corrected chi connectivity index (χ4v) is 2.98. The molecule has 110 valence electrons. The number of β-amino-alcohol motifs (C(OH)–C–C–N with tert-alkyl or cyclic N) is 1. The van der Waals surface area contributed by atoms with Crippen LogP contribution in [0.1, 0.15) is 31.7 Å². The van der Waals surface area contributed by atoms with Gasteiger partial charge in [0.05, 0.1) is 12.7 Å². The predicted octanol–water partition coefficient (Wildman–Crippen LogP) is 2.07. The van der Waals surface area contributed by atoms with Crippen LogP contribution in [0.25, 0.3) is 6.08 Å². The van der Waals surface area contributed by atoms with Crippen LogP contribution in [0, 0.1) is 5.41 Å². The first kappa shape index (κ1) is 15.0. The largest absolute Gasteiger partial charge is 0.396 e. The summed E-state index contributed by atoms with van der Waals surface area (Å²) in [5.41, 5.74) is 0.647. The highest BCUT2D eigenvalue weighted by atomic mass is 16.3. The lowest BCUT2D eigenvalue weighted by atomic mass is 9.73. The molecule has 1 aromatic rings. The number of pyridine rings is 1. The van der Waals surface area contributed by atoms with Crippen molar-refractivity contribution >= 4 is 11.9 Å². The van der Waals surface area contributed by atoms with Crippen molar-refractivity contribution in [2.75, 3.05) is 24.6 Å². The van der Waals surface area contributed by atoms with Crippen LogP contribution in [-0.4, -0.2) is 41.0 Å². The summed E-state index contributed by atoms with van der Waals surface area (Å²) in [5.74, 6) is 0.873. The van der Waals surface area contributed by atoms with Crippen LogP contribution < -0.4 is 4.90 Å². The van der Waals surface area contributed by atoms with E-state index in [0.29, 0.717) is 6.54 Å². The second kappa shape index (κ2) is 6.37. The minimum Gasteiger partial charge on any atom is -0.396 e. The van der Waals surface area contributed by atoms with E-state index in [-0.39, 0.29) is 12.0 Å². The average Bonchev–Trinajstić information content (AvgIpc) is 2.49. The van der Waals surface area contributed by atoms with Crippen LogP contribution >= 0.6 is 0 Å². The van der Waals surface area contributed by atoms with Crippen LogP contribution in [0.5, 0.6) is 0 Å². The van der Waals surface area contributed by atoms with Gasteiger partial charge in [-0.3, -0.25) is 0 Å². The number of anilines is 1. The highest BCUT2D eigenvalue weighted by molar-refractivity contribution is 5.49. The second-order valence-corrected chi connectivity index (χ2v) is 5.64. The van der Waals surface area contributed by atoms with Crippen molar-refractivity contribution in [3.05, 3.63) is 30.5 Å². The third-order valence-corrected chi connectivity index (χ3v) is 4.37. The molecule has 4 nitrogen and oxygen atoms in total. The molecule has 0 spiro atoms. The first-order valence-electron chi connectivity index (χ1n) is 7.27. The number of hydrogen-bond acceptors (Lipinski definition) is 4. The summed E-state index contributed by atoms with van der Waals surface area (Å²) in [7, 11) is 0. The van der Waals surface area contributed by atoms with Gasteiger partial charge in [-0.2, -0.15) is 0 Å². The van der Waals surface area contributed by atoms with Crippen molar-refractivity contribution in [1.82, 2.24) is 4.98 Å². The third kappa shape index (κ3) is 2.86. The molecule has 0 bridgehead atoms. The average molecular weight is 276 g/mol. The Hall–Kier alpha value is -1.39. The smallest absolute Gasteiger partial charge is 0.128 e. The number of nitrogens with zero attached hydrogens (tertiary/aromatic N) is 2. The molecule has 2 atom stereocenters. The molecule has 1 aliphatic rings. The second-order valence-electron chi connectivity index (χ2n) is 5.64. The third-order valence-electron chi connectivity index (χ3n) is 4.37. The topological polar surface area (TPSA) is 56.6 Å². The van der Waals surface area contributed by atoms with Crippen molar-refractivity contribution in [1.29, 1.82) is 0 Å². The molecule has 1 saturated heterocycles. The maximum absolute atomic E-state index is 10.4. The maximum Gasteiger partial charge on any atom is 0.128 e. The Kier molecular flexibility index (Phi) is 4.78. The predicted molar refractivity (Wildman–Crippen MR) is 81.6 cm³/mol. The summed E-state index contributed by atoms with van der Waals surface area (Å²) < 4.78 is 0. The zero-order valence-electron chi connectivity index (χ0n) is 12.1. The fraction of sp³-hybridized carbons (Fsp3) is 0.562. The molecule has 0 aliphatic carbocycles. The molecule has 1 aliphatic heterocycles. The van der Waals surface area contributed by atoms with E-state index in [9.17, 15) is 10.2 Å². The van der Waals surface area contributed by atoms with Crippen LogP contribution in [0.2, 0.25) is 0 Å². The molecule has 2 N–H and O–H groups in total. The van der Waals surface area contributed by atoms with Crippen LogP contribution in [0.15, 0.2) is 24.9 Å². The molecule has 0 radical (unpaired) electrons. The summed E-state index contributed by atoms with van der Waals surface area (Å²) in [6.45, 7) is 7.20. The van der Waals surface area contributed by atoms with E-state index in [1.807, 2.05) is 12.1 Å². The van der Waals surface area contributed by atoms with Crippen LogP contribution in [-0.2, 0) is 0 Å². The van der Waals surface area contributed by atoms with E-state index in [2.05, 4.69) is 23.4 Å². The molecule has 4 heteroatoms. The number of aliphatic hydroxyl groups excluding tert-OH is 2. The van der Waals surface area contributed by atoms with Gasteiger partial charge in [0, 0.05) is 24.7 Å². The summed E-state index contributed by atoms with van der Waals surface area (Å²) in [5, 5.41) is 20.1. The standard InChI is InChI=1S/C16H24N2O2/c1-3-7-16(12-19)8-9-18(11-14(16)20)15-6-5-13(4-2)10-17-15/h4-6,10,14,19-20H,2-3,7-9,11-12H2,1H3/t14-,16-/m1/s1. The summed E-state index contributed by atoms with van der Waals surface area (Å²) in [6, 6.07) is 3.93. The van der Waals surface area contributed by atoms with Crippen molar-refractivity contribution in [3.8, 4) is 0 Å². The number of aliphatic hydroxyl groups is 2. The molecular formula is C16H24N2O2. The van der Waals surface area contributed by atoms with Crippen molar-refractivity contribution < 1.29 is 10.2 Å². The van der Waals surface area contributed by atoms with Gasteiger partial charge >= 0.3 is 0 Å². The molecule has 1 aromatic heterocycles. The Morgan fingerprint density at radius 2 is 2.35 bits per heavy atom. The molecule has 20 heavy (non-hydrogen) atoms. The quantitative estimate of drug-likeness (QED) is 0.864. The Balaban J connectivity index is 2.09. The SMILES string of the molecule is C=Cc1ccc(N2CC[C@@](CO)(CCC)[C@H](O)C2)nc1. The summed E-state index contributed by atoms with van der Waals surface area (Å²) in [4.78, 5) is 6.49. The van der Waals surface area contributed by atoms with E-state index >= 15 is 0 Å². The Morgan fingerprint density at radius 1 is 1.55 bits per heavy atom. The van der Waals surface area contributed by atoms with E-state index in [4.69, 9.17) is 0 Å². The first-order valence-corrected chi connectivity index (χ1v) is 7.27. The van der Waals surface area contributed by atoms with E-state index in [1.54, 1.807) is 12.3 Å². The highest BCUT2D eigenvalue weighted by Crippen LogP contribution is 2.37. The molecule has 1 fully saturated rings. The van der Waals surface area contributed by atoms with Crippen molar-refractivity contribution in [2.24, 2.45) is 5.41 Å². The lowest BCUT2D eigenvalue weighted by Gasteiger charge is -2.45. The van der Waals surface area contributed by atoms with Gasteiger partial charge in [0.15, 0.2) is 0 Å². The lowest BCUT2D eigenvalue weighted by molar-refractivity contribution is -0.0372. The Labute approximate surface area is 120 Å². The summed E-state index contributed by atoms with van der Waals surface area (Å²) >= 11 is 0. The van der Waals surface area contributed by atoms with Gasteiger partial charge in [-0.1, -0.05) is 26.0 Å². The molecule has 2 heterocycles. The molecule has 0 saturated carbocycles. The van der Waals surface area contributed by atoms with Crippen molar-refractivity contribution in [3.63, 3.8) is 0 Å². The molecule has 0 unspecified atom stereocenters. The van der Waals surface area contributed by atoms with Crippen molar-refractivity contribution in [2.45, 2.75) is 32.3 Å². The zero-order valence-corrected chi connectivity index (χ0v) is 12.1. The highest BCUT2D eigenvalue weighted by Gasteiger charge is 2.41. The minimum atomic E-state index is -0.512. The van der Waals surface area contributed by atoms with Gasteiger partial charge in [-0.25, -0.2) is 4.98 Å². The molecular weight excluding hydrogens is 252 g/mol. The normalized spacial score (nSPS) is 26.6. The number of piperidine rings is 1. The maximum atomic E-state index is 10.4. The fourth-order valence-electron chi connectivity index (χ4n) is 2.98. The van der Waals surface area contributed by atoms with Gasteiger partial charge in [-0.05, 0) is 30.5 Å². The van der Waals surface area contributed by atoms with Gasteiger partial charge < -0.3 is 15.1 Å². The monoisotopic (exact) mass is 276 g/mol. The molecule has 0 aromatic carbocycles. The zero-order chi connectivity index (χ0) is 14.6. The van der Waals surface area contributed by atoms with E-state index < -0.39 is 6.10 Å². The first-order chi connectivity index (χ1) is 9.65. The lowest BCUT2D eigenvalue weighted by Crippen LogP contribution is -2.53. The van der Waals surface area contributed by atoms with Crippen LogP contribution in [0.4, 0.5) is 5.82 Å². The number of rotatable bonds is 5. The van der Waals surface area contributed by atoms with Crippen LogP contribution in [0.3, 0.4) is 0 Å². The molecule has 0 amide bonds. The van der Waals surface area contributed by atoms with Gasteiger partial charge in [-0.15, -0.1) is 0 Å². The minimum absolute atomic E-state index is 0.0542. The number of aromatic nitrogens is 1. The Morgan fingerprint density at radius 3 is 2.85 bits per heavy atom.